The summed E-state index contributed by atoms with van der Waals surface area (Å²) >= 11 is 0. The second kappa shape index (κ2) is 11.0. The molecular weight excluding hydrogens is 466 g/mol. The zero-order chi connectivity index (χ0) is 24.7. The Bertz CT molecular complexity index is 1240. The summed E-state index contributed by atoms with van der Waals surface area (Å²) in [5.74, 6) is -0.544. The van der Waals surface area contributed by atoms with Crippen molar-refractivity contribution in [2.45, 2.75) is 25.0 Å². The van der Waals surface area contributed by atoms with E-state index in [-0.39, 0.29) is 35.0 Å². The first-order chi connectivity index (χ1) is 16.3. The van der Waals surface area contributed by atoms with E-state index in [1.54, 1.807) is 43.3 Å². The van der Waals surface area contributed by atoms with Crippen molar-refractivity contribution in [1.29, 1.82) is 0 Å². The highest BCUT2D eigenvalue weighted by molar-refractivity contribution is 7.92. The minimum atomic E-state index is -3.90. The molecule has 0 saturated carbocycles. The molecular formula is C24H24F2N2O5S. The number of halogens is 2. The van der Waals surface area contributed by atoms with Gasteiger partial charge in [0.1, 0.15) is 0 Å². The summed E-state index contributed by atoms with van der Waals surface area (Å²) < 4.78 is 62.4. The molecule has 0 bridgehead atoms. The Morgan fingerprint density at radius 3 is 2.38 bits per heavy atom. The first kappa shape index (κ1) is 25.0. The van der Waals surface area contributed by atoms with Gasteiger partial charge in [0.15, 0.2) is 11.5 Å². The minimum Gasteiger partial charge on any atom is -0.493 e. The molecule has 0 spiro atoms. The van der Waals surface area contributed by atoms with E-state index in [4.69, 9.17) is 4.74 Å². The molecule has 3 rings (SSSR count). The molecule has 3 aromatic carbocycles. The van der Waals surface area contributed by atoms with Crippen molar-refractivity contribution in [2.75, 3.05) is 18.0 Å². The predicted molar refractivity (Wildman–Crippen MR) is 124 cm³/mol. The van der Waals surface area contributed by atoms with Gasteiger partial charge in [0.05, 0.1) is 17.7 Å². The summed E-state index contributed by atoms with van der Waals surface area (Å²) in [5.41, 5.74) is 1.15. The lowest BCUT2D eigenvalue weighted by Crippen LogP contribution is -2.31. The number of amides is 1. The number of rotatable bonds is 10. The van der Waals surface area contributed by atoms with Crippen molar-refractivity contribution in [2.24, 2.45) is 0 Å². The number of anilines is 1. The predicted octanol–water partition coefficient (Wildman–Crippen LogP) is 4.44. The number of hydrogen-bond donors (Lipinski definition) is 1. The lowest BCUT2D eigenvalue weighted by atomic mass is 10.1. The van der Waals surface area contributed by atoms with Gasteiger partial charge in [-0.05, 0) is 55.0 Å². The Hall–Kier alpha value is -3.66. The zero-order valence-corrected chi connectivity index (χ0v) is 19.4. The van der Waals surface area contributed by atoms with Crippen molar-refractivity contribution < 1.29 is 31.5 Å². The molecule has 0 aliphatic rings. The zero-order valence-electron chi connectivity index (χ0n) is 18.6. The van der Waals surface area contributed by atoms with Gasteiger partial charge < -0.3 is 14.8 Å². The van der Waals surface area contributed by atoms with Crippen LogP contribution in [0, 0.1) is 0 Å². The topological polar surface area (TPSA) is 84.9 Å². The van der Waals surface area contributed by atoms with Gasteiger partial charge in [-0.25, -0.2) is 8.42 Å². The van der Waals surface area contributed by atoms with Gasteiger partial charge >= 0.3 is 6.61 Å². The first-order valence-electron chi connectivity index (χ1n) is 10.3. The number of nitrogens with zero attached hydrogens (tertiary/aromatic N) is 1. The van der Waals surface area contributed by atoms with Gasteiger partial charge in [-0.3, -0.25) is 9.10 Å². The normalized spacial score (nSPS) is 11.2. The van der Waals surface area contributed by atoms with E-state index in [0.29, 0.717) is 11.3 Å². The van der Waals surface area contributed by atoms with E-state index in [2.05, 4.69) is 10.1 Å². The van der Waals surface area contributed by atoms with Crippen LogP contribution in [-0.2, 0) is 16.6 Å². The number of alkyl halides is 2. The molecule has 0 aliphatic carbocycles. The van der Waals surface area contributed by atoms with Crippen LogP contribution in [0.2, 0.25) is 0 Å². The lowest BCUT2D eigenvalue weighted by Gasteiger charge is -2.23. The molecule has 10 heteroatoms. The van der Waals surface area contributed by atoms with Crippen LogP contribution < -0.4 is 19.1 Å². The van der Waals surface area contributed by atoms with Crippen LogP contribution in [0.15, 0.2) is 77.7 Å². The van der Waals surface area contributed by atoms with E-state index in [1.807, 2.05) is 0 Å². The van der Waals surface area contributed by atoms with Crippen LogP contribution in [0.4, 0.5) is 14.5 Å². The summed E-state index contributed by atoms with van der Waals surface area (Å²) in [6.07, 6.45) is 0. The highest BCUT2D eigenvalue weighted by Gasteiger charge is 2.24. The van der Waals surface area contributed by atoms with Gasteiger partial charge in [-0.15, -0.1) is 0 Å². The Labute approximate surface area is 197 Å². The maximum Gasteiger partial charge on any atom is 0.387 e. The smallest absolute Gasteiger partial charge is 0.387 e. The maximum absolute atomic E-state index is 13.2. The fourth-order valence-electron chi connectivity index (χ4n) is 3.31. The Morgan fingerprint density at radius 1 is 1.00 bits per heavy atom. The van der Waals surface area contributed by atoms with E-state index >= 15 is 0 Å². The van der Waals surface area contributed by atoms with Crippen molar-refractivity contribution in [3.63, 3.8) is 0 Å². The summed E-state index contributed by atoms with van der Waals surface area (Å²) in [5, 5.41) is 2.66. The van der Waals surface area contributed by atoms with E-state index in [1.165, 1.54) is 47.8 Å². The summed E-state index contributed by atoms with van der Waals surface area (Å²) in [6.45, 7) is -1.09. The van der Waals surface area contributed by atoms with Gasteiger partial charge in [0, 0.05) is 18.7 Å². The highest BCUT2D eigenvalue weighted by Crippen LogP contribution is 2.29. The largest absolute Gasteiger partial charge is 0.493 e. The number of nitrogens with one attached hydrogen (secondary N) is 1. The Morgan fingerprint density at radius 2 is 1.74 bits per heavy atom. The molecule has 0 fully saturated rings. The number of carbonyl (C=O) groups excluding carboxylic acids is 1. The van der Waals surface area contributed by atoms with Gasteiger partial charge in [0.25, 0.3) is 15.9 Å². The van der Waals surface area contributed by atoms with Crippen LogP contribution in [0.3, 0.4) is 0 Å². The molecule has 0 saturated heterocycles. The SMILES string of the molecule is CCN(c1ccccc1)S(=O)(=O)c1cccc(C(=O)NCc2ccc(OC)c(OC(F)F)c2)c1. The van der Waals surface area contributed by atoms with Crippen molar-refractivity contribution in [1.82, 2.24) is 5.32 Å². The molecule has 1 amide bonds. The van der Waals surface area contributed by atoms with E-state index in [0.717, 1.165) is 0 Å². The number of methoxy groups -OCH3 is 1. The fourth-order valence-corrected chi connectivity index (χ4v) is 4.83. The third kappa shape index (κ3) is 5.82. The summed E-state index contributed by atoms with van der Waals surface area (Å²) in [4.78, 5) is 12.7. The number of benzene rings is 3. The van der Waals surface area contributed by atoms with Crippen LogP contribution >= 0.6 is 0 Å². The molecule has 180 valence electrons. The third-order valence-electron chi connectivity index (χ3n) is 4.91. The highest BCUT2D eigenvalue weighted by atomic mass is 32.2. The standard InChI is InChI=1S/C24H24F2N2O5S/c1-3-28(19-9-5-4-6-10-19)34(30,31)20-11-7-8-18(15-20)23(29)27-16-17-12-13-21(32-2)22(14-17)33-24(25)26/h4-15,24H,3,16H2,1-2H3,(H,27,29). The third-order valence-corrected chi connectivity index (χ3v) is 6.81. The Balaban J connectivity index is 1.77. The summed E-state index contributed by atoms with van der Waals surface area (Å²) in [6, 6.07) is 18.8. The van der Waals surface area contributed by atoms with Crippen LogP contribution in [-0.4, -0.2) is 34.6 Å². The summed E-state index contributed by atoms with van der Waals surface area (Å²) in [7, 11) is -2.57. The molecule has 3 aromatic rings. The molecule has 0 aromatic heterocycles. The Kier molecular flexibility index (Phi) is 8.06. The molecule has 0 radical (unpaired) electrons. The molecule has 0 atom stereocenters. The lowest BCUT2D eigenvalue weighted by molar-refractivity contribution is -0.0512. The van der Waals surface area contributed by atoms with Crippen LogP contribution in [0.5, 0.6) is 11.5 Å². The number of sulfonamides is 1. The minimum absolute atomic E-state index is 0.00447. The van der Waals surface area contributed by atoms with Gasteiger partial charge in [-0.1, -0.05) is 30.3 Å². The van der Waals surface area contributed by atoms with Gasteiger partial charge in [-0.2, -0.15) is 8.78 Å². The number of carbonyl (C=O) groups is 1. The average Bonchev–Trinajstić information content (AvgIpc) is 2.83. The molecule has 0 aliphatic heterocycles. The van der Waals surface area contributed by atoms with Gasteiger partial charge in [0.2, 0.25) is 0 Å². The molecule has 34 heavy (non-hydrogen) atoms. The fraction of sp³-hybridized carbons (Fsp3) is 0.208. The first-order valence-corrected chi connectivity index (χ1v) is 11.8. The number of para-hydroxylation sites is 1. The van der Waals surface area contributed by atoms with Crippen molar-refractivity contribution in [3.05, 3.63) is 83.9 Å². The molecule has 0 unspecified atom stereocenters. The van der Waals surface area contributed by atoms with E-state index in [9.17, 15) is 22.0 Å². The van der Waals surface area contributed by atoms with E-state index < -0.39 is 22.5 Å². The number of ether oxygens (including phenoxy) is 2. The number of hydrogen-bond acceptors (Lipinski definition) is 5. The molecule has 0 heterocycles. The second-order valence-corrected chi connectivity index (χ2v) is 8.94. The van der Waals surface area contributed by atoms with Crippen LogP contribution in [0.25, 0.3) is 0 Å². The quantitative estimate of drug-likeness (QED) is 0.454. The van der Waals surface area contributed by atoms with Crippen LogP contribution in [0.1, 0.15) is 22.8 Å². The monoisotopic (exact) mass is 490 g/mol. The molecule has 1 N–H and O–H groups in total. The average molecular weight is 491 g/mol. The van der Waals surface area contributed by atoms with Crippen molar-refractivity contribution >= 4 is 21.6 Å². The maximum atomic E-state index is 13.2. The molecule has 7 nitrogen and oxygen atoms in total. The second-order valence-electron chi connectivity index (χ2n) is 7.08. The van der Waals surface area contributed by atoms with Crippen molar-refractivity contribution in [3.8, 4) is 11.5 Å².